The van der Waals surface area contributed by atoms with E-state index in [1.165, 1.54) is 0 Å². The largest absolute Gasteiger partial charge is 0.480 e. The number of amides is 2. The molecule has 3 N–H and O–H groups in total. The number of carboxylic acid groups (broad SMARTS) is 1. The van der Waals surface area contributed by atoms with Crippen LogP contribution in [-0.4, -0.2) is 28.9 Å². The first-order valence-electron chi connectivity index (χ1n) is 9.06. The van der Waals surface area contributed by atoms with Gasteiger partial charge in [-0.15, -0.1) is 0 Å². The molecular weight excluding hydrogens is 460 g/mol. The topological polar surface area (TPSA) is 95.5 Å². The van der Waals surface area contributed by atoms with Crippen molar-refractivity contribution in [2.45, 2.75) is 38.3 Å². The summed E-state index contributed by atoms with van der Waals surface area (Å²) in [6, 6.07) is 13.2. The lowest BCUT2D eigenvalue weighted by Crippen LogP contribution is -2.42. The Kier molecular flexibility index (Phi) is 8.67. The van der Waals surface area contributed by atoms with Crippen molar-refractivity contribution in [2.75, 3.05) is 0 Å². The van der Waals surface area contributed by atoms with Crippen molar-refractivity contribution < 1.29 is 19.5 Å². The molecule has 0 heterocycles. The maximum absolute atomic E-state index is 12.2. The molecule has 2 rings (SSSR count). The molecule has 0 saturated carbocycles. The van der Waals surface area contributed by atoms with E-state index < -0.39 is 17.9 Å². The second-order valence-corrected chi connectivity index (χ2v) is 7.89. The van der Waals surface area contributed by atoms with Gasteiger partial charge in [0.25, 0.3) is 0 Å². The Hall–Kier alpha value is -2.38. The summed E-state index contributed by atoms with van der Waals surface area (Å²) >= 11 is 9.30. The number of hydrogen-bond acceptors (Lipinski definition) is 3. The van der Waals surface area contributed by atoms with Crippen LogP contribution in [0.3, 0.4) is 0 Å². The predicted molar refractivity (Wildman–Crippen MR) is 115 cm³/mol. The van der Waals surface area contributed by atoms with Crippen molar-refractivity contribution in [2.24, 2.45) is 0 Å². The van der Waals surface area contributed by atoms with Crippen LogP contribution >= 0.6 is 27.5 Å². The quantitative estimate of drug-likeness (QED) is 0.507. The smallest absolute Gasteiger partial charge is 0.326 e. The number of halogens is 2. The maximum atomic E-state index is 12.2. The molecule has 2 aromatic carbocycles. The zero-order valence-electron chi connectivity index (χ0n) is 15.8. The van der Waals surface area contributed by atoms with Crippen molar-refractivity contribution in [1.82, 2.24) is 10.6 Å². The predicted octanol–water partition coefficient (Wildman–Crippen LogP) is 3.87. The second-order valence-electron chi connectivity index (χ2n) is 6.60. The van der Waals surface area contributed by atoms with Crippen LogP contribution in [0.15, 0.2) is 53.0 Å². The number of rotatable bonds is 9. The van der Waals surface area contributed by atoms with Crippen LogP contribution in [0.4, 0.5) is 0 Å². The SMILES string of the molecule is C[C@@H](NC(=O)CCC(=O)N[C@@H](Cc1cc(Cl)ccc1Br)C(=O)O)c1ccccc1. The van der Waals surface area contributed by atoms with E-state index in [4.69, 9.17) is 11.6 Å². The molecule has 0 saturated heterocycles. The molecule has 29 heavy (non-hydrogen) atoms. The third kappa shape index (κ3) is 7.51. The van der Waals surface area contributed by atoms with Crippen molar-refractivity contribution in [3.8, 4) is 0 Å². The summed E-state index contributed by atoms with van der Waals surface area (Å²) in [5.74, 6) is -1.94. The first-order valence-corrected chi connectivity index (χ1v) is 10.2. The van der Waals surface area contributed by atoms with Gasteiger partial charge < -0.3 is 15.7 Å². The minimum Gasteiger partial charge on any atom is -0.480 e. The van der Waals surface area contributed by atoms with Crippen LogP contribution in [0.5, 0.6) is 0 Å². The highest BCUT2D eigenvalue weighted by Crippen LogP contribution is 2.22. The third-order valence-electron chi connectivity index (χ3n) is 4.32. The summed E-state index contributed by atoms with van der Waals surface area (Å²) in [7, 11) is 0. The van der Waals surface area contributed by atoms with E-state index in [2.05, 4.69) is 26.6 Å². The summed E-state index contributed by atoms with van der Waals surface area (Å²) in [5, 5.41) is 15.2. The monoisotopic (exact) mass is 480 g/mol. The minimum absolute atomic E-state index is 0.0315. The van der Waals surface area contributed by atoms with E-state index in [-0.39, 0.29) is 31.2 Å². The van der Waals surface area contributed by atoms with Gasteiger partial charge in [-0.25, -0.2) is 4.79 Å². The Morgan fingerprint density at radius 1 is 1.03 bits per heavy atom. The Balaban J connectivity index is 1.86. The van der Waals surface area contributed by atoms with Crippen LogP contribution in [-0.2, 0) is 20.8 Å². The minimum atomic E-state index is -1.16. The zero-order chi connectivity index (χ0) is 21.4. The molecule has 0 aliphatic carbocycles. The molecule has 8 heteroatoms. The summed E-state index contributed by atoms with van der Waals surface area (Å²) in [4.78, 5) is 35.8. The molecule has 2 amide bonds. The second kappa shape index (κ2) is 11.0. The number of nitrogens with one attached hydrogen (secondary N) is 2. The van der Waals surface area contributed by atoms with Gasteiger partial charge in [-0.1, -0.05) is 57.9 Å². The molecule has 0 aliphatic heterocycles. The Morgan fingerprint density at radius 2 is 1.66 bits per heavy atom. The maximum Gasteiger partial charge on any atom is 0.326 e. The van der Waals surface area contributed by atoms with E-state index in [9.17, 15) is 19.5 Å². The molecular formula is C21H22BrClN2O4. The van der Waals surface area contributed by atoms with E-state index >= 15 is 0 Å². The number of benzene rings is 2. The molecule has 154 valence electrons. The van der Waals surface area contributed by atoms with Crippen LogP contribution < -0.4 is 10.6 Å². The average molecular weight is 482 g/mol. The lowest BCUT2D eigenvalue weighted by atomic mass is 10.1. The number of carbonyl (C=O) groups is 3. The highest BCUT2D eigenvalue weighted by Gasteiger charge is 2.22. The number of carboxylic acids is 1. The zero-order valence-corrected chi connectivity index (χ0v) is 18.2. The van der Waals surface area contributed by atoms with Gasteiger partial charge in [0.05, 0.1) is 6.04 Å². The molecule has 0 aromatic heterocycles. The lowest BCUT2D eigenvalue weighted by molar-refractivity contribution is -0.141. The van der Waals surface area contributed by atoms with Crippen molar-refractivity contribution in [3.05, 3.63) is 69.2 Å². The van der Waals surface area contributed by atoms with Gasteiger partial charge in [0.2, 0.25) is 11.8 Å². The summed E-state index contributed by atoms with van der Waals surface area (Å²) in [6.07, 6.45) is -0.0660. The van der Waals surface area contributed by atoms with Crippen molar-refractivity contribution >= 4 is 45.3 Å². The van der Waals surface area contributed by atoms with Gasteiger partial charge in [0, 0.05) is 28.8 Å². The van der Waals surface area contributed by atoms with Gasteiger partial charge in [0.1, 0.15) is 6.04 Å². The summed E-state index contributed by atoms with van der Waals surface area (Å²) in [5.41, 5.74) is 1.63. The van der Waals surface area contributed by atoms with Crippen molar-refractivity contribution in [3.63, 3.8) is 0 Å². The molecule has 0 aliphatic rings. The first kappa shape index (κ1) is 22.9. The number of hydrogen-bond donors (Lipinski definition) is 3. The Morgan fingerprint density at radius 3 is 2.28 bits per heavy atom. The fraction of sp³-hybridized carbons (Fsp3) is 0.286. The molecule has 6 nitrogen and oxygen atoms in total. The standard InChI is InChI=1S/C21H22BrClN2O4/c1-13(14-5-3-2-4-6-14)24-19(26)9-10-20(27)25-18(21(28)29)12-15-11-16(23)7-8-17(15)22/h2-8,11,13,18H,9-10,12H2,1H3,(H,24,26)(H,25,27)(H,28,29)/t13-,18+/m1/s1. The van der Waals surface area contributed by atoms with Gasteiger partial charge in [-0.05, 0) is 36.2 Å². The average Bonchev–Trinajstić information content (AvgIpc) is 2.69. The third-order valence-corrected chi connectivity index (χ3v) is 5.33. The summed E-state index contributed by atoms with van der Waals surface area (Å²) < 4.78 is 0.705. The van der Waals surface area contributed by atoms with E-state index in [1.807, 2.05) is 37.3 Å². The van der Waals surface area contributed by atoms with E-state index in [0.717, 1.165) is 5.56 Å². The highest BCUT2D eigenvalue weighted by molar-refractivity contribution is 9.10. The van der Waals surface area contributed by atoms with Crippen LogP contribution in [0, 0.1) is 0 Å². The first-order chi connectivity index (χ1) is 13.8. The van der Waals surface area contributed by atoms with E-state index in [1.54, 1.807) is 18.2 Å². The fourth-order valence-corrected chi connectivity index (χ4v) is 3.36. The molecule has 0 fully saturated rings. The summed E-state index contributed by atoms with van der Waals surface area (Å²) in [6.45, 7) is 1.86. The molecule has 0 bridgehead atoms. The number of aliphatic carboxylic acids is 1. The van der Waals surface area contributed by atoms with Crippen LogP contribution in [0.1, 0.15) is 36.9 Å². The molecule has 2 aromatic rings. The van der Waals surface area contributed by atoms with Crippen LogP contribution in [0.25, 0.3) is 0 Å². The highest BCUT2D eigenvalue weighted by atomic mass is 79.9. The van der Waals surface area contributed by atoms with Crippen LogP contribution in [0.2, 0.25) is 5.02 Å². The molecule has 0 spiro atoms. The van der Waals surface area contributed by atoms with E-state index in [0.29, 0.717) is 15.1 Å². The normalized spacial score (nSPS) is 12.7. The lowest BCUT2D eigenvalue weighted by Gasteiger charge is -2.16. The molecule has 0 radical (unpaired) electrons. The van der Waals surface area contributed by atoms with Gasteiger partial charge >= 0.3 is 5.97 Å². The van der Waals surface area contributed by atoms with Gasteiger partial charge in [-0.3, -0.25) is 9.59 Å². The fourth-order valence-electron chi connectivity index (χ4n) is 2.75. The van der Waals surface area contributed by atoms with Gasteiger partial charge in [-0.2, -0.15) is 0 Å². The Labute approximate surface area is 182 Å². The molecule has 2 atom stereocenters. The number of carbonyl (C=O) groups excluding carboxylic acids is 2. The molecule has 0 unspecified atom stereocenters. The Bertz CT molecular complexity index is 876. The van der Waals surface area contributed by atoms with Crippen molar-refractivity contribution in [1.29, 1.82) is 0 Å². The van der Waals surface area contributed by atoms with Gasteiger partial charge in [0.15, 0.2) is 0 Å².